The first kappa shape index (κ1) is 25.4. The molecular weight excluding hydrogens is 496 g/mol. The molecule has 37 heavy (non-hydrogen) atoms. The maximum atomic E-state index is 12.4. The third kappa shape index (κ3) is 6.10. The summed E-state index contributed by atoms with van der Waals surface area (Å²) in [7, 11) is -3.90. The number of hydrogen-bond acceptors (Lipinski definition) is 6. The summed E-state index contributed by atoms with van der Waals surface area (Å²) in [4.78, 5) is 23.4. The van der Waals surface area contributed by atoms with Crippen molar-refractivity contribution in [1.29, 1.82) is 5.41 Å². The summed E-state index contributed by atoms with van der Waals surface area (Å²) < 4.78 is 29.3. The molecule has 0 aliphatic rings. The van der Waals surface area contributed by atoms with E-state index in [9.17, 15) is 18.0 Å². The number of amidine groups is 1. The fourth-order valence-corrected chi connectivity index (χ4v) is 4.53. The largest absolute Gasteiger partial charge is 0.484 e. The van der Waals surface area contributed by atoms with E-state index in [1.54, 1.807) is 72.8 Å². The lowest BCUT2D eigenvalue weighted by atomic mass is 10.0. The first-order valence-corrected chi connectivity index (χ1v) is 12.4. The maximum absolute atomic E-state index is 12.4. The average molecular weight is 519 g/mol. The number of amides is 2. The summed E-state index contributed by atoms with van der Waals surface area (Å²) in [6.45, 7) is -0.297. The summed E-state index contributed by atoms with van der Waals surface area (Å²) in [6, 6.07) is 23.2. The molecule has 0 atom stereocenters. The summed E-state index contributed by atoms with van der Waals surface area (Å²) in [5.41, 5.74) is 1.93. The molecule has 0 radical (unpaired) electrons. The molecule has 6 N–H and O–H groups in total. The first-order chi connectivity index (χ1) is 17.6. The molecule has 0 fully saturated rings. The van der Waals surface area contributed by atoms with Crippen molar-refractivity contribution >= 4 is 44.3 Å². The van der Waals surface area contributed by atoms with Crippen LogP contribution in [-0.4, -0.2) is 38.0 Å². The molecule has 188 valence electrons. The number of sulfonamides is 1. The molecule has 0 aliphatic heterocycles. The van der Waals surface area contributed by atoms with Gasteiger partial charge in [-0.15, -0.1) is 0 Å². The number of nitrogens with two attached hydrogens (primary N) is 1. The van der Waals surface area contributed by atoms with Gasteiger partial charge in [0.25, 0.3) is 5.91 Å². The lowest BCUT2D eigenvalue weighted by molar-refractivity contribution is -0.118. The van der Waals surface area contributed by atoms with Crippen molar-refractivity contribution in [3.63, 3.8) is 0 Å². The molecule has 0 heterocycles. The second-order valence-corrected chi connectivity index (χ2v) is 9.48. The summed E-state index contributed by atoms with van der Waals surface area (Å²) >= 11 is 0. The van der Waals surface area contributed by atoms with Gasteiger partial charge in [0.1, 0.15) is 11.6 Å². The zero-order valence-electron chi connectivity index (χ0n) is 19.3. The predicted octanol–water partition coefficient (Wildman–Crippen LogP) is 3.76. The topological polar surface area (TPSA) is 172 Å². The predicted molar refractivity (Wildman–Crippen MR) is 139 cm³/mol. The number of carbonyl (C=O) groups excluding carboxylic acids is 1. The highest BCUT2D eigenvalue weighted by atomic mass is 32.2. The van der Waals surface area contributed by atoms with Gasteiger partial charge >= 0.3 is 6.09 Å². The zero-order chi connectivity index (χ0) is 26.6. The number of ether oxygens (including phenoxy) is 1. The van der Waals surface area contributed by atoms with Gasteiger partial charge in [0.2, 0.25) is 10.0 Å². The van der Waals surface area contributed by atoms with Gasteiger partial charge in [0, 0.05) is 16.8 Å². The molecule has 2 amide bonds. The van der Waals surface area contributed by atoms with Gasteiger partial charge < -0.3 is 15.2 Å². The minimum atomic E-state index is -3.90. The SMILES string of the molecule is N=C(NC(=O)O)c1cccc2ccc(OCC(=O)Nc3ccc(-c4ccccc4S(N)(=O)=O)cc3)cc12. The van der Waals surface area contributed by atoms with E-state index in [-0.39, 0.29) is 17.3 Å². The smallest absolute Gasteiger partial charge is 0.410 e. The molecule has 10 nitrogen and oxygen atoms in total. The Morgan fingerprint density at radius 3 is 2.38 bits per heavy atom. The molecule has 4 rings (SSSR count). The van der Waals surface area contributed by atoms with Crippen molar-refractivity contribution in [2.24, 2.45) is 5.14 Å². The molecule has 0 bridgehead atoms. The monoisotopic (exact) mass is 518 g/mol. The summed E-state index contributed by atoms with van der Waals surface area (Å²) in [6.07, 6.45) is -1.34. The quantitative estimate of drug-likeness (QED) is 0.184. The fourth-order valence-electron chi connectivity index (χ4n) is 3.77. The molecule has 0 spiro atoms. The molecule has 0 aromatic heterocycles. The third-order valence-electron chi connectivity index (χ3n) is 5.40. The van der Waals surface area contributed by atoms with Gasteiger partial charge in [-0.1, -0.05) is 54.6 Å². The van der Waals surface area contributed by atoms with Crippen molar-refractivity contribution in [3.05, 3.63) is 90.5 Å². The van der Waals surface area contributed by atoms with Crippen LogP contribution in [0.15, 0.2) is 89.8 Å². The number of anilines is 1. The van der Waals surface area contributed by atoms with Crippen LogP contribution < -0.4 is 20.5 Å². The van der Waals surface area contributed by atoms with E-state index >= 15 is 0 Å². The minimum Gasteiger partial charge on any atom is -0.484 e. The van der Waals surface area contributed by atoms with E-state index < -0.39 is 22.0 Å². The van der Waals surface area contributed by atoms with Crippen LogP contribution in [0.3, 0.4) is 0 Å². The van der Waals surface area contributed by atoms with Gasteiger partial charge in [-0.3, -0.25) is 15.5 Å². The molecule has 4 aromatic rings. The molecule has 0 unspecified atom stereocenters. The Morgan fingerprint density at radius 2 is 1.68 bits per heavy atom. The molecule has 4 aromatic carbocycles. The van der Waals surface area contributed by atoms with E-state index in [0.717, 1.165) is 5.39 Å². The number of nitrogens with one attached hydrogen (secondary N) is 3. The lowest BCUT2D eigenvalue weighted by Crippen LogP contribution is -2.28. The van der Waals surface area contributed by atoms with E-state index in [1.165, 1.54) is 6.07 Å². The van der Waals surface area contributed by atoms with Crippen molar-refractivity contribution in [2.45, 2.75) is 4.90 Å². The van der Waals surface area contributed by atoms with Gasteiger partial charge in [0.15, 0.2) is 6.61 Å². The second kappa shape index (κ2) is 10.5. The summed E-state index contributed by atoms with van der Waals surface area (Å²) in [5.74, 6) is -0.331. The minimum absolute atomic E-state index is 0.00704. The Kier molecular flexibility index (Phi) is 7.18. The third-order valence-corrected chi connectivity index (χ3v) is 6.37. The maximum Gasteiger partial charge on any atom is 0.410 e. The van der Waals surface area contributed by atoms with E-state index in [0.29, 0.717) is 33.5 Å². The first-order valence-electron chi connectivity index (χ1n) is 10.9. The molecule has 0 saturated heterocycles. The highest BCUT2D eigenvalue weighted by Crippen LogP contribution is 2.28. The molecule has 11 heteroatoms. The Morgan fingerprint density at radius 1 is 0.946 bits per heavy atom. The number of primary sulfonamides is 1. The van der Waals surface area contributed by atoms with Crippen LogP contribution in [0, 0.1) is 5.41 Å². The van der Waals surface area contributed by atoms with Crippen LogP contribution in [-0.2, 0) is 14.8 Å². The fraction of sp³-hybridized carbons (Fsp3) is 0.0385. The Labute approximate surface area is 212 Å². The second-order valence-electron chi connectivity index (χ2n) is 7.95. The van der Waals surface area contributed by atoms with Crippen LogP contribution >= 0.6 is 0 Å². The normalized spacial score (nSPS) is 11.1. The number of hydrogen-bond donors (Lipinski definition) is 5. The van der Waals surface area contributed by atoms with Crippen molar-refractivity contribution in [3.8, 4) is 16.9 Å². The highest BCUT2D eigenvalue weighted by molar-refractivity contribution is 7.89. The van der Waals surface area contributed by atoms with E-state index in [1.807, 2.05) is 11.4 Å². The average Bonchev–Trinajstić information content (AvgIpc) is 2.86. The molecular formula is C26H22N4O6S. The Hall–Kier alpha value is -4.74. The zero-order valence-corrected chi connectivity index (χ0v) is 20.1. The lowest BCUT2D eigenvalue weighted by Gasteiger charge is -2.12. The van der Waals surface area contributed by atoms with Crippen LogP contribution in [0.25, 0.3) is 21.9 Å². The number of carboxylic acid groups (broad SMARTS) is 1. The Balaban J connectivity index is 1.44. The molecule has 0 saturated carbocycles. The van der Waals surface area contributed by atoms with Crippen LogP contribution in [0.1, 0.15) is 5.56 Å². The summed E-state index contributed by atoms with van der Waals surface area (Å²) in [5, 5.41) is 28.3. The number of rotatable bonds is 7. The van der Waals surface area contributed by atoms with Gasteiger partial charge in [-0.25, -0.2) is 18.4 Å². The van der Waals surface area contributed by atoms with Crippen molar-refractivity contribution in [2.75, 3.05) is 11.9 Å². The van der Waals surface area contributed by atoms with Crippen LogP contribution in [0.5, 0.6) is 5.75 Å². The number of fused-ring (bicyclic) bond motifs is 1. The van der Waals surface area contributed by atoms with Gasteiger partial charge in [0.05, 0.1) is 4.90 Å². The highest BCUT2D eigenvalue weighted by Gasteiger charge is 2.15. The van der Waals surface area contributed by atoms with Crippen molar-refractivity contribution in [1.82, 2.24) is 5.32 Å². The van der Waals surface area contributed by atoms with Gasteiger partial charge in [-0.05, 0) is 46.7 Å². The van der Waals surface area contributed by atoms with Crippen molar-refractivity contribution < 1.29 is 27.9 Å². The van der Waals surface area contributed by atoms with Crippen LogP contribution in [0.2, 0.25) is 0 Å². The van der Waals surface area contributed by atoms with Gasteiger partial charge in [-0.2, -0.15) is 0 Å². The van der Waals surface area contributed by atoms with E-state index in [2.05, 4.69) is 5.32 Å². The van der Waals surface area contributed by atoms with E-state index in [4.69, 9.17) is 20.4 Å². The van der Waals surface area contributed by atoms with Crippen LogP contribution in [0.4, 0.5) is 10.5 Å². The standard InChI is InChI=1S/C26H22N4O6S/c27-25(30-26(32)33)21-6-3-4-16-10-13-19(14-22(16)21)36-15-24(31)29-18-11-8-17(9-12-18)20-5-1-2-7-23(20)37(28,34)35/h1-14H,15H2,(H2,27,30)(H,29,31)(H,32,33)(H2,28,34,35). The number of carbonyl (C=O) groups is 2. The molecule has 0 aliphatic carbocycles. The Bertz CT molecular complexity index is 1620. The number of benzene rings is 4.